The number of aromatic nitrogens is 1. The summed E-state index contributed by atoms with van der Waals surface area (Å²) in [6, 6.07) is 17.4. The van der Waals surface area contributed by atoms with E-state index in [1.165, 1.54) is 0 Å². The average Bonchev–Trinajstić information content (AvgIpc) is 3.59. The summed E-state index contributed by atoms with van der Waals surface area (Å²) in [5.74, 6) is 0.722. The number of ether oxygens (including phenoxy) is 1. The van der Waals surface area contributed by atoms with Crippen molar-refractivity contribution in [2.75, 3.05) is 39.3 Å². The molecule has 42 heavy (non-hydrogen) atoms. The van der Waals surface area contributed by atoms with Crippen LogP contribution in [0.15, 0.2) is 65.2 Å². The van der Waals surface area contributed by atoms with Crippen LogP contribution < -0.4 is 10.1 Å². The lowest BCUT2D eigenvalue weighted by Gasteiger charge is -2.24. The van der Waals surface area contributed by atoms with E-state index in [1.807, 2.05) is 68.4 Å². The Morgan fingerprint density at radius 2 is 1.83 bits per heavy atom. The van der Waals surface area contributed by atoms with E-state index in [9.17, 15) is 14.4 Å². The van der Waals surface area contributed by atoms with E-state index in [4.69, 9.17) is 9.26 Å². The van der Waals surface area contributed by atoms with Crippen LogP contribution in [0.3, 0.4) is 0 Å². The fourth-order valence-electron chi connectivity index (χ4n) is 5.76. The number of rotatable bonds is 5. The van der Waals surface area contributed by atoms with Crippen molar-refractivity contribution < 1.29 is 23.6 Å². The van der Waals surface area contributed by atoms with Crippen molar-refractivity contribution in [3.63, 3.8) is 0 Å². The predicted octanol–water partition coefficient (Wildman–Crippen LogP) is 3.91. The summed E-state index contributed by atoms with van der Waals surface area (Å²) in [5.41, 5.74) is 3.69. The molecule has 1 N–H and O–H groups in total. The molecule has 1 fully saturated rings. The summed E-state index contributed by atoms with van der Waals surface area (Å²) in [6.45, 7) is 6.28. The lowest BCUT2D eigenvalue weighted by atomic mass is 9.88. The Kier molecular flexibility index (Phi) is 9.36. The third-order valence-electron chi connectivity index (χ3n) is 8.13. The molecule has 5 rings (SSSR count). The first-order valence-electron chi connectivity index (χ1n) is 14.6. The first-order valence-corrected chi connectivity index (χ1v) is 14.6. The Bertz CT molecular complexity index is 1410. The summed E-state index contributed by atoms with van der Waals surface area (Å²) in [5, 5.41) is 7.06. The number of nitrogens with one attached hydrogen (secondary N) is 1. The third kappa shape index (κ3) is 7.08. The van der Waals surface area contributed by atoms with Crippen molar-refractivity contribution in [3.8, 4) is 5.75 Å². The maximum absolute atomic E-state index is 13.4. The molecule has 220 valence electrons. The topological polar surface area (TPSA) is 105 Å². The molecule has 3 heterocycles. The SMILES string of the molecule is Cc1noc(C)c1CCC(=O)N1CCCNC(=O)[C@H]2CN(C(=O)C=Cc3ccccc3)C[C@@H]2c2cccc(c2)OCC1. The number of benzene rings is 2. The van der Waals surface area contributed by atoms with E-state index in [-0.39, 0.29) is 29.6 Å². The Balaban J connectivity index is 1.27. The molecular formula is C33H38N4O5. The lowest BCUT2D eigenvalue weighted by molar-refractivity contribution is -0.131. The lowest BCUT2D eigenvalue weighted by Crippen LogP contribution is -2.39. The molecule has 0 radical (unpaired) electrons. The van der Waals surface area contributed by atoms with Crippen LogP contribution in [0.25, 0.3) is 6.08 Å². The van der Waals surface area contributed by atoms with Gasteiger partial charge in [-0.2, -0.15) is 0 Å². The minimum absolute atomic E-state index is 0.0272. The van der Waals surface area contributed by atoms with Crippen LogP contribution in [-0.2, 0) is 20.8 Å². The van der Waals surface area contributed by atoms with Crippen molar-refractivity contribution >= 4 is 23.8 Å². The first kappa shape index (κ1) is 29.1. The molecular weight excluding hydrogens is 532 g/mol. The molecule has 9 nitrogen and oxygen atoms in total. The molecule has 1 saturated heterocycles. The highest BCUT2D eigenvalue weighted by molar-refractivity contribution is 5.93. The first-order chi connectivity index (χ1) is 20.4. The molecule has 1 aromatic heterocycles. The number of likely N-dealkylation sites (tertiary alicyclic amines) is 1. The second-order valence-corrected chi connectivity index (χ2v) is 10.9. The molecule has 3 aromatic rings. The fourth-order valence-corrected chi connectivity index (χ4v) is 5.76. The van der Waals surface area contributed by atoms with E-state index in [0.717, 1.165) is 28.1 Å². The van der Waals surface area contributed by atoms with Gasteiger partial charge in [0.25, 0.3) is 0 Å². The van der Waals surface area contributed by atoms with Gasteiger partial charge in [0.15, 0.2) is 0 Å². The average molecular weight is 571 g/mol. The van der Waals surface area contributed by atoms with E-state index in [1.54, 1.807) is 22.0 Å². The van der Waals surface area contributed by atoms with E-state index < -0.39 is 0 Å². The van der Waals surface area contributed by atoms with Crippen LogP contribution in [-0.4, -0.2) is 72.0 Å². The van der Waals surface area contributed by atoms with Crippen LogP contribution in [0.4, 0.5) is 0 Å². The number of fused-ring (bicyclic) bond motifs is 4. The van der Waals surface area contributed by atoms with Gasteiger partial charge in [0, 0.05) is 50.2 Å². The van der Waals surface area contributed by atoms with Crippen LogP contribution in [0, 0.1) is 19.8 Å². The number of carbonyl (C=O) groups excluding carboxylic acids is 3. The fraction of sp³-hybridized carbons (Fsp3) is 0.394. The zero-order valence-electron chi connectivity index (χ0n) is 24.3. The van der Waals surface area contributed by atoms with E-state index in [2.05, 4.69) is 10.5 Å². The zero-order chi connectivity index (χ0) is 29.5. The second kappa shape index (κ2) is 13.5. The molecule has 0 spiro atoms. The standard InChI is InChI=1S/C33H38N4O5/c1-23-28(24(2)42-35-23)13-15-31(38)36-17-7-16-34-33(40)30-22-37(32(39)14-12-25-8-4-3-5-9-25)21-29(30)26-10-6-11-27(20-26)41-19-18-36/h3-6,8-12,14,20,29-30H,7,13,15-19,21-22H2,1-2H3,(H,34,40)/t29-,30+/m1/s1. The van der Waals surface area contributed by atoms with Crippen molar-refractivity contribution in [1.82, 2.24) is 20.3 Å². The summed E-state index contributed by atoms with van der Waals surface area (Å²) < 4.78 is 11.3. The Hall–Kier alpha value is -4.40. The number of hydrogen-bond donors (Lipinski definition) is 1. The molecule has 2 atom stereocenters. The maximum Gasteiger partial charge on any atom is 0.246 e. The molecule has 9 heteroatoms. The van der Waals surface area contributed by atoms with Crippen LogP contribution in [0.5, 0.6) is 5.75 Å². The van der Waals surface area contributed by atoms with Crippen LogP contribution in [0.1, 0.15) is 46.9 Å². The number of nitrogens with zero attached hydrogens (tertiary/aromatic N) is 3. The van der Waals surface area contributed by atoms with Gasteiger partial charge < -0.3 is 24.4 Å². The molecule has 2 aliphatic heterocycles. The molecule has 2 bridgehead atoms. The molecule has 2 aliphatic rings. The second-order valence-electron chi connectivity index (χ2n) is 10.9. The van der Waals surface area contributed by atoms with Crippen molar-refractivity contribution in [2.24, 2.45) is 5.92 Å². The monoisotopic (exact) mass is 570 g/mol. The Labute approximate surface area is 246 Å². The molecule has 0 saturated carbocycles. The van der Waals surface area contributed by atoms with Gasteiger partial charge in [0.05, 0.1) is 18.2 Å². The molecule has 0 unspecified atom stereocenters. The Morgan fingerprint density at radius 1 is 1.02 bits per heavy atom. The highest BCUT2D eigenvalue weighted by Gasteiger charge is 2.40. The number of amides is 3. The summed E-state index contributed by atoms with van der Waals surface area (Å²) in [4.78, 5) is 43.3. The number of aryl methyl sites for hydroxylation is 2. The molecule has 3 amide bonds. The van der Waals surface area contributed by atoms with Gasteiger partial charge >= 0.3 is 0 Å². The van der Waals surface area contributed by atoms with Gasteiger partial charge in [-0.1, -0.05) is 47.6 Å². The third-order valence-corrected chi connectivity index (χ3v) is 8.13. The smallest absolute Gasteiger partial charge is 0.246 e. The summed E-state index contributed by atoms with van der Waals surface area (Å²) in [6.07, 6.45) is 4.90. The minimum atomic E-state index is -0.384. The maximum atomic E-state index is 13.4. The van der Waals surface area contributed by atoms with Gasteiger partial charge in [0.1, 0.15) is 18.1 Å². The number of hydrogen-bond acceptors (Lipinski definition) is 6. The highest BCUT2D eigenvalue weighted by Crippen LogP contribution is 2.35. The summed E-state index contributed by atoms with van der Waals surface area (Å²) in [7, 11) is 0. The Morgan fingerprint density at radius 3 is 2.62 bits per heavy atom. The van der Waals surface area contributed by atoms with Crippen molar-refractivity contribution in [1.29, 1.82) is 0 Å². The van der Waals surface area contributed by atoms with Crippen molar-refractivity contribution in [3.05, 3.63) is 88.8 Å². The molecule has 0 aliphatic carbocycles. The largest absolute Gasteiger partial charge is 0.492 e. The van der Waals surface area contributed by atoms with Crippen molar-refractivity contribution in [2.45, 2.75) is 39.0 Å². The highest BCUT2D eigenvalue weighted by atomic mass is 16.5. The van der Waals surface area contributed by atoms with Gasteiger partial charge in [-0.15, -0.1) is 0 Å². The van der Waals surface area contributed by atoms with Gasteiger partial charge in [-0.3, -0.25) is 14.4 Å². The minimum Gasteiger partial charge on any atom is -0.492 e. The van der Waals surface area contributed by atoms with Gasteiger partial charge in [-0.25, -0.2) is 0 Å². The quantitative estimate of drug-likeness (QED) is 0.467. The molecule has 2 aromatic carbocycles. The predicted molar refractivity (Wildman–Crippen MR) is 159 cm³/mol. The van der Waals surface area contributed by atoms with E-state index in [0.29, 0.717) is 64.3 Å². The normalized spacial score (nSPS) is 19.6. The zero-order valence-corrected chi connectivity index (χ0v) is 24.3. The van der Waals surface area contributed by atoms with Gasteiger partial charge in [-0.05, 0) is 56.0 Å². The van der Waals surface area contributed by atoms with Gasteiger partial charge in [0.2, 0.25) is 17.7 Å². The van der Waals surface area contributed by atoms with E-state index >= 15 is 0 Å². The van der Waals surface area contributed by atoms with Crippen LogP contribution in [0.2, 0.25) is 0 Å². The summed E-state index contributed by atoms with van der Waals surface area (Å²) >= 11 is 0. The number of carbonyl (C=O) groups is 3. The van der Waals surface area contributed by atoms with Crippen LogP contribution >= 0.6 is 0 Å².